The van der Waals surface area contributed by atoms with Crippen molar-refractivity contribution >= 4 is 11.9 Å². The molecule has 1 saturated heterocycles. The number of carbonyl (C=O) groups excluding carboxylic acids is 1. The van der Waals surface area contributed by atoms with Gasteiger partial charge in [-0.05, 0) is 31.7 Å². The molecule has 0 unspecified atom stereocenters. The first-order chi connectivity index (χ1) is 12.7. The van der Waals surface area contributed by atoms with Gasteiger partial charge in [0.2, 0.25) is 11.9 Å². The van der Waals surface area contributed by atoms with Crippen molar-refractivity contribution in [1.29, 1.82) is 0 Å². The third-order valence-electron chi connectivity index (χ3n) is 5.58. The summed E-state index contributed by atoms with van der Waals surface area (Å²) in [6, 6.07) is 2.07. The number of hydrogen-bond donors (Lipinski definition) is 1. The Morgan fingerprint density at radius 3 is 2.73 bits per heavy atom. The SMILES string of the molecule is NC(=O)Cn1ccnc1[C@@H]1CCCN(c2nccc(C3CCCC3)n2)C1. The molecule has 2 aliphatic rings. The minimum Gasteiger partial charge on any atom is -0.368 e. The summed E-state index contributed by atoms with van der Waals surface area (Å²) in [5.74, 6) is 2.26. The first-order valence-corrected chi connectivity index (χ1v) is 9.58. The first kappa shape index (κ1) is 17.0. The van der Waals surface area contributed by atoms with Gasteiger partial charge in [-0.1, -0.05) is 12.8 Å². The molecule has 138 valence electrons. The Labute approximate surface area is 153 Å². The van der Waals surface area contributed by atoms with Crippen LogP contribution in [0.4, 0.5) is 5.95 Å². The molecule has 1 aliphatic heterocycles. The molecule has 2 fully saturated rings. The van der Waals surface area contributed by atoms with E-state index in [9.17, 15) is 4.79 Å². The summed E-state index contributed by atoms with van der Waals surface area (Å²) in [4.78, 5) is 27.5. The summed E-state index contributed by atoms with van der Waals surface area (Å²) in [6.07, 6.45) is 12.7. The number of hydrogen-bond acceptors (Lipinski definition) is 5. The highest BCUT2D eigenvalue weighted by Crippen LogP contribution is 2.34. The Balaban J connectivity index is 1.51. The Kier molecular flexibility index (Phi) is 4.86. The largest absolute Gasteiger partial charge is 0.368 e. The lowest BCUT2D eigenvalue weighted by molar-refractivity contribution is -0.118. The molecular weight excluding hydrogens is 328 g/mol. The van der Waals surface area contributed by atoms with Gasteiger partial charge in [0.05, 0.1) is 0 Å². The number of nitrogens with two attached hydrogens (primary N) is 1. The number of aromatic nitrogens is 4. The fourth-order valence-corrected chi connectivity index (χ4v) is 4.31. The summed E-state index contributed by atoms with van der Waals surface area (Å²) < 4.78 is 1.87. The van der Waals surface area contributed by atoms with Gasteiger partial charge in [0.15, 0.2) is 0 Å². The second-order valence-corrected chi connectivity index (χ2v) is 7.43. The third-order valence-corrected chi connectivity index (χ3v) is 5.58. The van der Waals surface area contributed by atoms with E-state index < -0.39 is 0 Å². The monoisotopic (exact) mass is 354 g/mol. The predicted molar refractivity (Wildman–Crippen MR) is 98.9 cm³/mol. The van der Waals surface area contributed by atoms with Crippen molar-refractivity contribution in [2.75, 3.05) is 18.0 Å². The second kappa shape index (κ2) is 7.43. The van der Waals surface area contributed by atoms with Gasteiger partial charge in [0, 0.05) is 49.2 Å². The van der Waals surface area contributed by atoms with E-state index in [4.69, 9.17) is 10.7 Å². The number of carbonyl (C=O) groups is 1. The van der Waals surface area contributed by atoms with Crippen molar-refractivity contribution < 1.29 is 4.79 Å². The van der Waals surface area contributed by atoms with Crippen molar-refractivity contribution in [3.63, 3.8) is 0 Å². The van der Waals surface area contributed by atoms with E-state index in [-0.39, 0.29) is 18.4 Å². The second-order valence-electron chi connectivity index (χ2n) is 7.43. The van der Waals surface area contributed by atoms with Crippen LogP contribution in [-0.2, 0) is 11.3 Å². The summed E-state index contributed by atoms with van der Waals surface area (Å²) in [5, 5.41) is 0. The number of rotatable bonds is 5. The maximum Gasteiger partial charge on any atom is 0.237 e. The predicted octanol–water partition coefficient (Wildman–Crippen LogP) is 2.20. The Morgan fingerprint density at radius 1 is 1.12 bits per heavy atom. The molecule has 0 bridgehead atoms. The maximum absolute atomic E-state index is 11.3. The van der Waals surface area contributed by atoms with Crippen LogP contribution in [0.15, 0.2) is 24.7 Å². The zero-order valence-corrected chi connectivity index (χ0v) is 15.0. The van der Waals surface area contributed by atoms with Gasteiger partial charge in [0.25, 0.3) is 0 Å². The number of anilines is 1. The van der Waals surface area contributed by atoms with Crippen LogP contribution in [0.1, 0.15) is 61.9 Å². The van der Waals surface area contributed by atoms with Gasteiger partial charge in [-0.25, -0.2) is 15.0 Å². The zero-order valence-electron chi connectivity index (χ0n) is 15.0. The van der Waals surface area contributed by atoms with E-state index in [1.165, 1.54) is 31.4 Å². The van der Waals surface area contributed by atoms with E-state index >= 15 is 0 Å². The molecule has 2 aromatic heterocycles. The van der Waals surface area contributed by atoms with E-state index in [2.05, 4.69) is 20.9 Å². The van der Waals surface area contributed by atoms with E-state index in [0.717, 1.165) is 37.7 Å². The molecular formula is C19H26N6O. The maximum atomic E-state index is 11.3. The van der Waals surface area contributed by atoms with Crippen LogP contribution in [0, 0.1) is 0 Å². The molecule has 4 rings (SSSR count). The number of nitrogens with zero attached hydrogens (tertiary/aromatic N) is 5. The molecule has 7 nitrogen and oxygen atoms in total. The van der Waals surface area contributed by atoms with Gasteiger partial charge < -0.3 is 15.2 Å². The van der Waals surface area contributed by atoms with Crippen molar-refractivity contribution in [3.8, 4) is 0 Å². The number of primary amides is 1. The third kappa shape index (κ3) is 3.57. The summed E-state index contributed by atoms with van der Waals surface area (Å²) in [6.45, 7) is 1.96. The van der Waals surface area contributed by atoms with Gasteiger partial charge in [-0.2, -0.15) is 0 Å². The Hall–Kier alpha value is -2.44. The van der Waals surface area contributed by atoms with Crippen LogP contribution in [0.5, 0.6) is 0 Å². The minimum absolute atomic E-state index is 0.180. The fraction of sp³-hybridized carbons (Fsp3) is 0.579. The standard InChI is InChI=1S/C19H26N6O/c20-17(26)13-24-11-9-21-18(24)15-6-3-10-25(12-15)19-22-8-7-16(23-19)14-4-1-2-5-14/h7-9,11,14-15H,1-6,10,12-13H2,(H2,20,26)/t15-/m1/s1. The Morgan fingerprint density at radius 2 is 1.92 bits per heavy atom. The number of amides is 1. The van der Waals surface area contributed by atoms with Crippen molar-refractivity contribution in [1.82, 2.24) is 19.5 Å². The highest BCUT2D eigenvalue weighted by molar-refractivity contribution is 5.73. The number of piperidine rings is 1. The average molecular weight is 354 g/mol. The van der Waals surface area contributed by atoms with Crippen LogP contribution >= 0.6 is 0 Å². The van der Waals surface area contributed by atoms with Crippen LogP contribution in [0.25, 0.3) is 0 Å². The van der Waals surface area contributed by atoms with Gasteiger partial charge in [-0.15, -0.1) is 0 Å². The average Bonchev–Trinajstić information content (AvgIpc) is 3.33. The van der Waals surface area contributed by atoms with Crippen LogP contribution in [-0.4, -0.2) is 38.5 Å². The summed E-state index contributed by atoms with van der Waals surface area (Å²) in [7, 11) is 0. The zero-order chi connectivity index (χ0) is 17.9. The Bertz CT molecular complexity index is 767. The summed E-state index contributed by atoms with van der Waals surface area (Å²) in [5.41, 5.74) is 6.54. The molecule has 3 heterocycles. The lowest BCUT2D eigenvalue weighted by Gasteiger charge is -2.33. The summed E-state index contributed by atoms with van der Waals surface area (Å²) >= 11 is 0. The fourth-order valence-electron chi connectivity index (χ4n) is 4.31. The molecule has 26 heavy (non-hydrogen) atoms. The van der Waals surface area contributed by atoms with E-state index in [1.54, 1.807) is 6.20 Å². The molecule has 0 aromatic carbocycles. The van der Waals surface area contributed by atoms with Gasteiger partial charge in [0.1, 0.15) is 12.4 Å². The van der Waals surface area contributed by atoms with Crippen LogP contribution in [0.3, 0.4) is 0 Å². The quantitative estimate of drug-likeness (QED) is 0.889. The van der Waals surface area contributed by atoms with Crippen LogP contribution < -0.4 is 10.6 Å². The first-order valence-electron chi connectivity index (χ1n) is 9.58. The normalized spacial score (nSPS) is 21.2. The molecule has 0 spiro atoms. The lowest BCUT2D eigenvalue weighted by atomic mass is 9.97. The highest BCUT2D eigenvalue weighted by Gasteiger charge is 2.27. The topological polar surface area (TPSA) is 89.9 Å². The van der Waals surface area contributed by atoms with Gasteiger partial charge >= 0.3 is 0 Å². The molecule has 1 saturated carbocycles. The number of imidazole rings is 1. The van der Waals surface area contributed by atoms with Crippen LogP contribution in [0.2, 0.25) is 0 Å². The molecule has 0 radical (unpaired) electrons. The van der Waals surface area contributed by atoms with Crippen molar-refractivity contribution in [2.45, 2.75) is 56.9 Å². The molecule has 1 atom stereocenters. The minimum atomic E-state index is -0.343. The van der Waals surface area contributed by atoms with Crippen molar-refractivity contribution in [3.05, 3.63) is 36.2 Å². The highest BCUT2D eigenvalue weighted by atomic mass is 16.1. The molecule has 2 aromatic rings. The molecule has 1 aliphatic carbocycles. The van der Waals surface area contributed by atoms with Gasteiger partial charge in [-0.3, -0.25) is 4.79 Å². The van der Waals surface area contributed by atoms with E-state index in [1.807, 2.05) is 17.0 Å². The molecule has 1 amide bonds. The lowest BCUT2D eigenvalue weighted by Crippen LogP contribution is -2.37. The molecule has 2 N–H and O–H groups in total. The van der Waals surface area contributed by atoms with Crippen molar-refractivity contribution in [2.24, 2.45) is 5.73 Å². The van der Waals surface area contributed by atoms with E-state index in [0.29, 0.717) is 5.92 Å². The smallest absolute Gasteiger partial charge is 0.237 e. The molecule has 7 heteroatoms.